The Morgan fingerprint density at radius 2 is 1.89 bits per heavy atom. The van der Waals surface area contributed by atoms with Gasteiger partial charge < -0.3 is 10.1 Å². The van der Waals surface area contributed by atoms with Crippen LogP contribution in [-0.4, -0.2) is 38.3 Å². The lowest BCUT2D eigenvalue weighted by atomic mass is 10.1. The molecule has 1 aliphatic rings. The van der Waals surface area contributed by atoms with Crippen LogP contribution in [0.4, 0.5) is 0 Å². The average molecular weight is 423 g/mol. The van der Waals surface area contributed by atoms with E-state index in [1.165, 1.54) is 22.5 Å². The van der Waals surface area contributed by atoms with Crippen LogP contribution >= 0.6 is 11.6 Å². The van der Waals surface area contributed by atoms with Gasteiger partial charge in [0.1, 0.15) is 5.75 Å². The molecule has 1 N–H and O–H groups in total. The van der Waals surface area contributed by atoms with Gasteiger partial charge in [0.2, 0.25) is 10.0 Å². The highest BCUT2D eigenvalue weighted by Gasteiger charge is 2.28. The number of rotatable bonds is 7. The lowest BCUT2D eigenvalue weighted by Crippen LogP contribution is -2.28. The average Bonchev–Trinajstić information content (AvgIpc) is 3.23. The Bertz CT molecular complexity index is 956. The molecule has 3 rings (SSSR count). The SMILES string of the molecule is CCOc1ccccc1CNC(=O)c1cc(S(=O)(=O)N2CCCC2)ccc1Cl. The summed E-state index contributed by atoms with van der Waals surface area (Å²) in [4.78, 5) is 12.7. The van der Waals surface area contributed by atoms with Gasteiger partial charge in [0.15, 0.2) is 0 Å². The number of carbonyl (C=O) groups is 1. The van der Waals surface area contributed by atoms with Gasteiger partial charge >= 0.3 is 0 Å². The van der Waals surface area contributed by atoms with Crippen molar-refractivity contribution in [3.8, 4) is 5.75 Å². The Labute approximate surface area is 170 Å². The number of hydrogen-bond donors (Lipinski definition) is 1. The molecule has 2 aromatic rings. The second-order valence-corrected chi connectivity index (χ2v) is 8.82. The molecule has 1 heterocycles. The van der Waals surface area contributed by atoms with Crippen LogP contribution in [-0.2, 0) is 16.6 Å². The molecule has 0 unspecified atom stereocenters. The number of hydrogen-bond acceptors (Lipinski definition) is 4. The Balaban J connectivity index is 1.79. The van der Waals surface area contributed by atoms with Crippen LogP contribution in [0.1, 0.15) is 35.7 Å². The van der Waals surface area contributed by atoms with Crippen LogP contribution in [0.2, 0.25) is 5.02 Å². The molecule has 150 valence electrons. The van der Waals surface area contributed by atoms with Crippen LogP contribution in [0.3, 0.4) is 0 Å². The van der Waals surface area contributed by atoms with Crippen molar-refractivity contribution >= 4 is 27.5 Å². The third-order valence-corrected chi connectivity index (χ3v) is 6.82. The van der Waals surface area contributed by atoms with Crippen molar-refractivity contribution in [3.05, 3.63) is 58.6 Å². The van der Waals surface area contributed by atoms with Crippen molar-refractivity contribution in [2.75, 3.05) is 19.7 Å². The number of para-hydroxylation sites is 1. The van der Waals surface area contributed by atoms with Gasteiger partial charge in [-0.1, -0.05) is 29.8 Å². The molecule has 2 aromatic carbocycles. The fraction of sp³-hybridized carbons (Fsp3) is 0.350. The summed E-state index contributed by atoms with van der Waals surface area (Å²) in [7, 11) is -3.62. The Morgan fingerprint density at radius 3 is 2.61 bits per heavy atom. The lowest BCUT2D eigenvalue weighted by Gasteiger charge is -2.16. The van der Waals surface area contributed by atoms with E-state index in [0.717, 1.165) is 18.4 Å². The zero-order chi connectivity index (χ0) is 20.1. The maximum Gasteiger partial charge on any atom is 0.253 e. The van der Waals surface area contributed by atoms with E-state index in [9.17, 15) is 13.2 Å². The van der Waals surface area contributed by atoms with Gasteiger partial charge in [0.05, 0.1) is 22.1 Å². The number of halogens is 1. The van der Waals surface area contributed by atoms with Crippen LogP contribution in [0.25, 0.3) is 0 Å². The number of sulfonamides is 1. The molecule has 1 saturated heterocycles. The quantitative estimate of drug-likeness (QED) is 0.741. The number of benzene rings is 2. The minimum atomic E-state index is -3.62. The van der Waals surface area contributed by atoms with E-state index in [4.69, 9.17) is 16.3 Å². The third kappa shape index (κ3) is 4.48. The number of carbonyl (C=O) groups excluding carboxylic acids is 1. The molecular weight excluding hydrogens is 400 g/mol. The first-order chi connectivity index (χ1) is 13.4. The summed E-state index contributed by atoms with van der Waals surface area (Å²) in [5.74, 6) is 0.261. The molecule has 0 saturated carbocycles. The first kappa shape index (κ1) is 20.6. The van der Waals surface area contributed by atoms with Crippen molar-refractivity contribution < 1.29 is 17.9 Å². The van der Waals surface area contributed by atoms with Gasteiger partial charge in [-0.3, -0.25) is 4.79 Å². The van der Waals surface area contributed by atoms with Gasteiger partial charge in [0, 0.05) is 25.2 Å². The monoisotopic (exact) mass is 422 g/mol. The predicted molar refractivity (Wildman–Crippen MR) is 108 cm³/mol. The zero-order valence-electron chi connectivity index (χ0n) is 15.7. The summed E-state index contributed by atoms with van der Waals surface area (Å²) in [5.41, 5.74) is 0.963. The van der Waals surface area contributed by atoms with E-state index in [2.05, 4.69) is 5.32 Å². The molecule has 0 atom stereocenters. The number of ether oxygens (including phenoxy) is 1. The number of nitrogens with zero attached hydrogens (tertiary/aromatic N) is 1. The highest BCUT2D eigenvalue weighted by molar-refractivity contribution is 7.89. The summed E-state index contributed by atoms with van der Waals surface area (Å²) in [6, 6.07) is 11.7. The van der Waals surface area contributed by atoms with Crippen LogP contribution in [0.15, 0.2) is 47.4 Å². The molecule has 0 aliphatic carbocycles. The first-order valence-electron chi connectivity index (χ1n) is 9.22. The second-order valence-electron chi connectivity index (χ2n) is 6.48. The lowest BCUT2D eigenvalue weighted by molar-refractivity contribution is 0.0950. The molecule has 0 aromatic heterocycles. The van der Waals surface area contributed by atoms with Gasteiger partial charge in [-0.05, 0) is 44.0 Å². The molecule has 28 heavy (non-hydrogen) atoms. The Hall–Kier alpha value is -2.09. The van der Waals surface area contributed by atoms with Crippen molar-refractivity contribution in [1.82, 2.24) is 9.62 Å². The fourth-order valence-electron chi connectivity index (χ4n) is 3.13. The van der Waals surface area contributed by atoms with E-state index in [1.807, 2.05) is 31.2 Å². The van der Waals surface area contributed by atoms with Gasteiger partial charge in [-0.25, -0.2) is 8.42 Å². The van der Waals surface area contributed by atoms with Gasteiger partial charge in [-0.2, -0.15) is 4.31 Å². The summed E-state index contributed by atoms with van der Waals surface area (Å²) in [6.07, 6.45) is 1.69. The highest BCUT2D eigenvalue weighted by atomic mass is 35.5. The predicted octanol–water partition coefficient (Wildman–Crippen LogP) is 3.45. The Kier molecular flexibility index (Phi) is 6.59. The molecular formula is C20H23ClN2O4S. The highest BCUT2D eigenvalue weighted by Crippen LogP contribution is 2.25. The van der Waals surface area contributed by atoms with Crippen molar-refractivity contribution in [2.45, 2.75) is 31.2 Å². The van der Waals surface area contributed by atoms with E-state index < -0.39 is 15.9 Å². The Morgan fingerprint density at radius 1 is 1.18 bits per heavy atom. The molecule has 6 nitrogen and oxygen atoms in total. The summed E-state index contributed by atoms with van der Waals surface area (Å²) >= 11 is 6.17. The summed E-state index contributed by atoms with van der Waals surface area (Å²) < 4.78 is 32.5. The topological polar surface area (TPSA) is 75.7 Å². The van der Waals surface area contributed by atoms with Crippen LogP contribution in [0, 0.1) is 0 Å². The summed E-state index contributed by atoms with van der Waals surface area (Å²) in [6.45, 7) is 3.66. The molecule has 0 bridgehead atoms. The zero-order valence-corrected chi connectivity index (χ0v) is 17.2. The minimum Gasteiger partial charge on any atom is -0.494 e. The smallest absolute Gasteiger partial charge is 0.253 e. The largest absolute Gasteiger partial charge is 0.494 e. The summed E-state index contributed by atoms with van der Waals surface area (Å²) in [5, 5.41) is 3.00. The maximum absolute atomic E-state index is 12.8. The molecule has 0 spiro atoms. The maximum atomic E-state index is 12.8. The van der Waals surface area contributed by atoms with Crippen molar-refractivity contribution in [2.24, 2.45) is 0 Å². The number of amides is 1. The van der Waals surface area contributed by atoms with Gasteiger partial charge in [-0.15, -0.1) is 0 Å². The molecule has 1 amide bonds. The standard InChI is InChI=1S/C20H23ClN2O4S/c1-2-27-19-8-4-3-7-15(19)14-22-20(24)17-13-16(9-10-18(17)21)28(25,26)23-11-5-6-12-23/h3-4,7-10,13H,2,5-6,11-12,14H2,1H3,(H,22,24). The van der Waals surface area contributed by atoms with Crippen LogP contribution in [0.5, 0.6) is 5.75 Å². The van der Waals surface area contributed by atoms with Crippen LogP contribution < -0.4 is 10.1 Å². The molecule has 0 radical (unpaired) electrons. The van der Waals surface area contributed by atoms with E-state index in [-0.39, 0.29) is 22.0 Å². The molecule has 8 heteroatoms. The molecule has 1 aliphatic heterocycles. The van der Waals surface area contributed by atoms with Crippen molar-refractivity contribution in [3.63, 3.8) is 0 Å². The van der Waals surface area contributed by atoms with E-state index in [1.54, 1.807) is 0 Å². The van der Waals surface area contributed by atoms with Crippen molar-refractivity contribution in [1.29, 1.82) is 0 Å². The normalized spacial score (nSPS) is 14.8. The first-order valence-corrected chi connectivity index (χ1v) is 11.0. The van der Waals surface area contributed by atoms with Gasteiger partial charge in [0.25, 0.3) is 5.91 Å². The minimum absolute atomic E-state index is 0.0821. The third-order valence-electron chi connectivity index (χ3n) is 4.60. The molecule has 1 fully saturated rings. The number of nitrogens with one attached hydrogen (secondary N) is 1. The fourth-order valence-corrected chi connectivity index (χ4v) is 4.88. The van der Waals surface area contributed by atoms with E-state index in [0.29, 0.717) is 25.4 Å². The second kappa shape index (κ2) is 8.94. The van der Waals surface area contributed by atoms with E-state index >= 15 is 0 Å².